The molecule has 0 fully saturated rings. The first kappa shape index (κ1) is 17.3. The van der Waals surface area contributed by atoms with E-state index < -0.39 is 0 Å². The molecule has 0 aliphatic carbocycles. The summed E-state index contributed by atoms with van der Waals surface area (Å²) in [6, 6.07) is 14.7. The van der Waals surface area contributed by atoms with Gasteiger partial charge in [0.05, 0.1) is 23.9 Å². The second-order valence-electron chi connectivity index (χ2n) is 7.09. The van der Waals surface area contributed by atoms with E-state index in [2.05, 4.69) is 5.43 Å². The van der Waals surface area contributed by atoms with Gasteiger partial charge in [-0.1, -0.05) is 18.2 Å². The van der Waals surface area contributed by atoms with Gasteiger partial charge in [0.1, 0.15) is 16.9 Å². The fourth-order valence-electron chi connectivity index (χ4n) is 4.05. The lowest BCUT2D eigenvalue weighted by Gasteiger charge is -2.16. The van der Waals surface area contributed by atoms with Gasteiger partial charge in [-0.25, -0.2) is 0 Å². The lowest BCUT2D eigenvalue weighted by molar-refractivity contribution is 0.0691. The van der Waals surface area contributed by atoms with Crippen LogP contribution in [0.5, 0.6) is 5.75 Å². The Hall–Kier alpha value is -3.80. The summed E-state index contributed by atoms with van der Waals surface area (Å²) < 4.78 is 11.4. The molecule has 0 radical (unpaired) electrons. The summed E-state index contributed by atoms with van der Waals surface area (Å²) in [5.74, 6) is -0.0570. The van der Waals surface area contributed by atoms with Gasteiger partial charge in [-0.15, -0.1) is 0 Å². The molecule has 0 saturated heterocycles. The number of fused-ring (bicyclic) bond motifs is 4. The summed E-state index contributed by atoms with van der Waals surface area (Å²) in [5, 5.41) is 2.81. The highest BCUT2D eigenvalue weighted by Gasteiger charge is 2.40. The molecular formula is C23H18N2O4. The third-order valence-electron chi connectivity index (χ3n) is 5.46. The average molecular weight is 386 g/mol. The van der Waals surface area contributed by atoms with Gasteiger partial charge >= 0.3 is 0 Å². The van der Waals surface area contributed by atoms with E-state index in [1.54, 1.807) is 19.2 Å². The van der Waals surface area contributed by atoms with E-state index in [4.69, 9.17) is 9.15 Å². The molecule has 1 N–H and O–H groups in total. The molecule has 0 saturated carbocycles. The normalized spacial score (nSPS) is 13.4. The maximum Gasteiger partial charge on any atom is 0.280 e. The van der Waals surface area contributed by atoms with Crippen molar-refractivity contribution in [2.24, 2.45) is 0 Å². The van der Waals surface area contributed by atoms with Crippen molar-refractivity contribution in [2.75, 3.05) is 12.5 Å². The van der Waals surface area contributed by atoms with Gasteiger partial charge in [-0.3, -0.25) is 15.0 Å². The number of benzene rings is 3. The van der Waals surface area contributed by atoms with Gasteiger partial charge in [0.15, 0.2) is 0 Å². The third-order valence-corrected chi connectivity index (χ3v) is 5.46. The van der Waals surface area contributed by atoms with E-state index in [0.717, 1.165) is 21.3 Å². The highest BCUT2D eigenvalue weighted by atomic mass is 16.5. The Morgan fingerprint density at radius 1 is 0.931 bits per heavy atom. The molecule has 0 unspecified atom stereocenters. The van der Waals surface area contributed by atoms with Crippen LogP contribution in [0.2, 0.25) is 0 Å². The van der Waals surface area contributed by atoms with Crippen LogP contribution in [0.1, 0.15) is 31.8 Å². The number of furan rings is 1. The smallest absolute Gasteiger partial charge is 0.280 e. The molecule has 1 aliphatic rings. The molecule has 0 bridgehead atoms. The lowest BCUT2D eigenvalue weighted by Crippen LogP contribution is -2.35. The molecule has 2 heterocycles. The molecule has 4 aromatic rings. The number of amides is 2. The summed E-state index contributed by atoms with van der Waals surface area (Å²) in [5.41, 5.74) is 7.07. The Labute approximate surface area is 166 Å². The van der Waals surface area contributed by atoms with E-state index in [-0.39, 0.29) is 11.8 Å². The molecule has 5 rings (SSSR count). The monoisotopic (exact) mass is 386 g/mol. The summed E-state index contributed by atoms with van der Waals surface area (Å²) in [6.45, 7) is 3.68. The van der Waals surface area contributed by atoms with Gasteiger partial charge in [-0.05, 0) is 43.7 Å². The number of nitrogens with zero attached hydrogens (tertiary/aromatic N) is 1. The zero-order valence-electron chi connectivity index (χ0n) is 16.2. The maximum absolute atomic E-state index is 13.2. The van der Waals surface area contributed by atoms with Crippen LogP contribution >= 0.6 is 0 Å². The van der Waals surface area contributed by atoms with Crippen molar-refractivity contribution in [3.05, 3.63) is 70.8 Å². The van der Waals surface area contributed by atoms with Crippen LogP contribution in [-0.2, 0) is 0 Å². The molecule has 3 aromatic carbocycles. The Morgan fingerprint density at radius 3 is 2.31 bits per heavy atom. The summed E-state index contributed by atoms with van der Waals surface area (Å²) in [4.78, 5) is 26.3. The van der Waals surface area contributed by atoms with E-state index in [1.165, 1.54) is 0 Å². The maximum atomic E-state index is 13.2. The molecule has 144 valence electrons. The molecule has 6 nitrogen and oxygen atoms in total. The number of ether oxygens (including phenoxy) is 1. The molecule has 2 amide bonds. The number of rotatable bonds is 3. The van der Waals surface area contributed by atoms with Crippen LogP contribution in [-0.4, -0.2) is 23.9 Å². The first-order valence-electron chi connectivity index (χ1n) is 9.25. The van der Waals surface area contributed by atoms with Crippen LogP contribution in [0.15, 0.2) is 52.9 Å². The number of carbonyl (C=O) groups excluding carboxylic acids is 2. The largest absolute Gasteiger partial charge is 0.497 e. The highest BCUT2D eigenvalue weighted by molar-refractivity contribution is 6.27. The molecule has 0 spiro atoms. The lowest BCUT2D eigenvalue weighted by atomic mass is 9.94. The van der Waals surface area contributed by atoms with Crippen molar-refractivity contribution in [3.63, 3.8) is 0 Å². The predicted molar refractivity (Wildman–Crippen MR) is 110 cm³/mol. The molecular weight excluding hydrogens is 368 g/mol. The highest BCUT2D eigenvalue weighted by Crippen LogP contribution is 2.41. The number of methoxy groups -OCH3 is 1. The van der Waals surface area contributed by atoms with Gasteiger partial charge in [0.2, 0.25) is 0 Å². The quantitative estimate of drug-likeness (QED) is 0.511. The van der Waals surface area contributed by atoms with Crippen LogP contribution < -0.4 is 10.2 Å². The van der Waals surface area contributed by atoms with Crippen LogP contribution in [0.4, 0.5) is 5.69 Å². The fourth-order valence-corrected chi connectivity index (χ4v) is 4.05. The predicted octanol–water partition coefficient (Wildman–Crippen LogP) is 4.83. The van der Waals surface area contributed by atoms with E-state index in [9.17, 15) is 9.59 Å². The number of nitrogens with one attached hydrogen (secondary N) is 1. The van der Waals surface area contributed by atoms with Gasteiger partial charge < -0.3 is 9.15 Å². The molecule has 0 atom stereocenters. The Kier molecular flexibility index (Phi) is 3.64. The molecule has 29 heavy (non-hydrogen) atoms. The Bertz CT molecular complexity index is 1320. The SMILES string of the molecule is COc1ccc2c(c1)oc1c(C)c3c(c(C)c12)C(=O)N(Nc1ccccc1)C3=O. The standard InChI is InChI=1S/C23H18N2O4/c1-12-18-16-10-9-15(28-3)11-17(16)29-21(18)13(2)20-19(12)22(26)25(23(20)27)24-14-7-5-4-6-8-14/h4-11,24H,1-3H3. The van der Waals surface area contributed by atoms with Crippen molar-refractivity contribution in [3.8, 4) is 5.75 Å². The van der Waals surface area contributed by atoms with Crippen molar-refractivity contribution < 1.29 is 18.7 Å². The second-order valence-corrected chi connectivity index (χ2v) is 7.09. The zero-order valence-corrected chi connectivity index (χ0v) is 16.2. The summed E-state index contributed by atoms with van der Waals surface area (Å²) in [6.07, 6.45) is 0. The number of hydrogen-bond acceptors (Lipinski definition) is 5. The first-order chi connectivity index (χ1) is 14.0. The number of hydrogen-bond donors (Lipinski definition) is 1. The van der Waals surface area contributed by atoms with Crippen LogP contribution in [0.25, 0.3) is 21.9 Å². The minimum absolute atomic E-state index is 0.362. The summed E-state index contributed by atoms with van der Waals surface area (Å²) >= 11 is 0. The van der Waals surface area contributed by atoms with Crippen molar-refractivity contribution in [2.45, 2.75) is 13.8 Å². The molecule has 6 heteroatoms. The van der Waals surface area contributed by atoms with E-state index in [0.29, 0.717) is 39.3 Å². The minimum Gasteiger partial charge on any atom is -0.497 e. The van der Waals surface area contributed by atoms with Gasteiger partial charge in [-0.2, -0.15) is 5.01 Å². The average Bonchev–Trinajstić information content (AvgIpc) is 3.24. The Morgan fingerprint density at radius 2 is 1.62 bits per heavy atom. The number of anilines is 1. The van der Waals surface area contributed by atoms with Gasteiger partial charge in [0.25, 0.3) is 11.8 Å². The minimum atomic E-state index is -0.380. The van der Waals surface area contributed by atoms with Crippen molar-refractivity contribution in [1.82, 2.24) is 5.01 Å². The number of imide groups is 1. The molecule has 1 aromatic heterocycles. The third kappa shape index (κ3) is 2.35. The fraction of sp³-hybridized carbons (Fsp3) is 0.130. The van der Waals surface area contributed by atoms with Crippen molar-refractivity contribution in [1.29, 1.82) is 0 Å². The van der Waals surface area contributed by atoms with Gasteiger partial charge in [0, 0.05) is 22.4 Å². The topological polar surface area (TPSA) is 71.8 Å². The number of para-hydroxylation sites is 1. The van der Waals surface area contributed by atoms with E-state index >= 15 is 0 Å². The van der Waals surface area contributed by atoms with Crippen molar-refractivity contribution >= 4 is 39.4 Å². The second kappa shape index (κ2) is 6.10. The van der Waals surface area contributed by atoms with E-state index in [1.807, 2.05) is 50.2 Å². The number of aryl methyl sites for hydroxylation is 2. The molecule has 1 aliphatic heterocycles. The number of hydrazine groups is 1. The number of carbonyl (C=O) groups is 2. The zero-order chi connectivity index (χ0) is 20.3. The van der Waals surface area contributed by atoms with Crippen LogP contribution in [0, 0.1) is 13.8 Å². The van der Waals surface area contributed by atoms with Crippen LogP contribution in [0.3, 0.4) is 0 Å². The Balaban J connectivity index is 1.72. The first-order valence-corrected chi connectivity index (χ1v) is 9.25. The summed E-state index contributed by atoms with van der Waals surface area (Å²) in [7, 11) is 1.60.